The zero-order valence-electron chi connectivity index (χ0n) is 15.4. The van der Waals surface area contributed by atoms with Gasteiger partial charge in [0.15, 0.2) is 5.78 Å². The molecule has 0 saturated heterocycles. The van der Waals surface area contributed by atoms with E-state index in [9.17, 15) is 9.18 Å². The van der Waals surface area contributed by atoms with Gasteiger partial charge < -0.3 is 0 Å². The second-order valence-corrected chi connectivity index (χ2v) is 6.94. The number of aryl methyl sites for hydroxylation is 1. The first-order valence-electron chi connectivity index (χ1n) is 8.86. The molecule has 0 saturated carbocycles. The zero-order chi connectivity index (χ0) is 20.4. The number of rotatable bonds is 4. The molecule has 0 bridgehead atoms. The van der Waals surface area contributed by atoms with Crippen molar-refractivity contribution >= 4 is 34.4 Å². The van der Waals surface area contributed by atoms with Crippen molar-refractivity contribution < 1.29 is 9.18 Å². The number of carbonyl (C=O) groups is 1. The van der Waals surface area contributed by atoms with Crippen LogP contribution in [0.2, 0.25) is 5.02 Å². The molecule has 142 valence electrons. The van der Waals surface area contributed by atoms with Gasteiger partial charge in [-0.25, -0.2) is 4.39 Å². The second-order valence-electron chi connectivity index (χ2n) is 6.50. The summed E-state index contributed by atoms with van der Waals surface area (Å²) in [7, 11) is 0. The number of allylic oxidation sites excluding steroid dienone is 1. The van der Waals surface area contributed by atoms with Gasteiger partial charge in [0, 0.05) is 57.5 Å². The number of pyridine rings is 3. The second kappa shape index (κ2) is 7.89. The van der Waals surface area contributed by atoms with E-state index in [1.807, 2.05) is 6.07 Å². The number of nitrogens with zero attached hydrogens (tertiary/aromatic N) is 3. The molecule has 6 heteroatoms. The van der Waals surface area contributed by atoms with E-state index in [4.69, 9.17) is 11.6 Å². The third kappa shape index (κ3) is 3.77. The topological polar surface area (TPSA) is 55.7 Å². The summed E-state index contributed by atoms with van der Waals surface area (Å²) >= 11 is 6.20. The molecule has 1 aromatic carbocycles. The van der Waals surface area contributed by atoms with Crippen LogP contribution in [0.5, 0.6) is 0 Å². The van der Waals surface area contributed by atoms with Crippen LogP contribution in [0.25, 0.3) is 28.1 Å². The number of hydrogen-bond donors (Lipinski definition) is 0. The molecule has 0 fully saturated rings. The molecule has 4 aromatic rings. The Morgan fingerprint density at radius 2 is 1.97 bits per heavy atom. The van der Waals surface area contributed by atoms with Crippen molar-refractivity contribution in [2.75, 3.05) is 0 Å². The number of carbonyl (C=O) groups excluding carboxylic acids is 1. The molecule has 0 N–H and O–H groups in total. The fourth-order valence-corrected chi connectivity index (χ4v) is 3.35. The molecular formula is C23H15ClFN3O. The van der Waals surface area contributed by atoms with E-state index in [1.54, 1.807) is 49.8 Å². The minimum absolute atomic E-state index is 0.297. The average molecular weight is 404 g/mol. The molecule has 0 aliphatic carbocycles. The molecule has 0 aliphatic rings. The highest BCUT2D eigenvalue weighted by Crippen LogP contribution is 2.33. The highest BCUT2D eigenvalue weighted by atomic mass is 35.5. The zero-order valence-corrected chi connectivity index (χ0v) is 16.2. The van der Waals surface area contributed by atoms with Gasteiger partial charge in [-0.1, -0.05) is 17.7 Å². The Morgan fingerprint density at radius 1 is 1.10 bits per heavy atom. The predicted octanol–water partition coefficient (Wildman–Crippen LogP) is 5.69. The fraction of sp³-hybridized carbons (Fsp3) is 0.0435. The van der Waals surface area contributed by atoms with Crippen molar-refractivity contribution in [1.29, 1.82) is 0 Å². The van der Waals surface area contributed by atoms with E-state index in [1.165, 1.54) is 18.3 Å². The van der Waals surface area contributed by atoms with Gasteiger partial charge in [-0.3, -0.25) is 19.7 Å². The highest BCUT2D eigenvalue weighted by molar-refractivity contribution is 6.31. The van der Waals surface area contributed by atoms with Gasteiger partial charge in [-0.05, 0) is 48.9 Å². The minimum Gasteiger partial charge on any atom is -0.289 e. The van der Waals surface area contributed by atoms with E-state index in [-0.39, 0.29) is 5.78 Å². The number of aromatic nitrogens is 3. The standard InChI is InChI=1S/C23H15ClFN3O/c1-14-10-27-13-20(25)17(14)5-7-22(29)19-12-28-21-6-4-16(24)9-18(21)23(19)15-3-2-8-26-11-15/h2-13H,1H3. The van der Waals surface area contributed by atoms with Gasteiger partial charge >= 0.3 is 0 Å². The van der Waals surface area contributed by atoms with Crippen molar-refractivity contribution in [2.24, 2.45) is 0 Å². The molecule has 0 atom stereocenters. The average Bonchev–Trinajstić information content (AvgIpc) is 2.73. The number of halogens is 2. The summed E-state index contributed by atoms with van der Waals surface area (Å²) in [6, 6.07) is 9.00. The first-order chi connectivity index (χ1) is 14.0. The van der Waals surface area contributed by atoms with Crippen LogP contribution in [-0.2, 0) is 0 Å². The smallest absolute Gasteiger partial charge is 0.188 e. The maximum atomic E-state index is 14.0. The molecule has 4 nitrogen and oxygen atoms in total. The highest BCUT2D eigenvalue weighted by Gasteiger charge is 2.16. The molecule has 3 heterocycles. The number of ketones is 1. The molecule has 0 aliphatic heterocycles. The number of fused-ring (bicyclic) bond motifs is 1. The van der Waals surface area contributed by atoms with Crippen molar-refractivity contribution in [3.05, 3.63) is 94.9 Å². The quantitative estimate of drug-likeness (QED) is 0.324. The third-order valence-electron chi connectivity index (χ3n) is 4.59. The summed E-state index contributed by atoms with van der Waals surface area (Å²) < 4.78 is 14.0. The van der Waals surface area contributed by atoms with E-state index >= 15 is 0 Å². The predicted molar refractivity (Wildman–Crippen MR) is 112 cm³/mol. The molecule has 0 radical (unpaired) electrons. The van der Waals surface area contributed by atoms with Gasteiger partial charge in [-0.15, -0.1) is 0 Å². The first-order valence-corrected chi connectivity index (χ1v) is 9.23. The Kier molecular flexibility index (Phi) is 5.14. The Hall–Kier alpha value is -3.44. The summed E-state index contributed by atoms with van der Waals surface area (Å²) in [5.41, 5.74) is 3.52. The van der Waals surface area contributed by atoms with Crippen LogP contribution in [0.3, 0.4) is 0 Å². The fourth-order valence-electron chi connectivity index (χ4n) is 3.18. The molecule has 0 unspecified atom stereocenters. The summed E-state index contributed by atoms with van der Waals surface area (Å²) in [5, 5.41) is 1.29. The van der Waals surface area contributed by atoms with Crippen molar-refractivity contribution in [1.82, 2.24) is 15.0 Å². The number of benzene rings is 1. The Morgan fingerprint density at radius 3 is 2.72 bits per heavy atom. The van der Waals surface area contributed by atoms with E-state index in [0.717, 1.165) is 17.1 Å². The SMILES string of the molecule is Cc1cncc(F)c1C=CC(=O)c1cnc2ccc(Cl)cc2c1-c1cccnc1. The van der Waals surface area contributed by atoms with Crippen LogP contribution >= 0.6 is 11.6 Å². The molecule has 4 rings (SSSR count). The van der Waals surface area contributed by atoms with Crippen molar-refractivity contribution in [3.8, 4) is 11.1 Å². The van der Waals surface area contributed by atoms with Crippen molar-refractivity contribution in [3.63, 3.8) is 0 Å². The molecule has 0 amide bonds. The van der Waals surface area contributed by atoms with E-state index in [2.05, 4.69) is 15.0 Å². The van der Waals surface area contributed by atoms with Crippen LogP contribution in [0.15, 0.2) is 67.4 Å². The van der Waals surface area contributed by atoms with Gasteiger partial charge in [0.25, 0.3) is 0 Å². The maximum absolute atomic E-state index is 14.0. The van der Waals surface area contributed by atoms with Crippen LogP contribution in [-0.4, -0.2) is 20.7 Å². The first kappa shape index (κ1) is 18.9. The maximum Gasteiger partial charge on any atom is 0.188 e. The lowest BCUT2D eigenvalue weighted by Crippen LogP contribution is -2.01. The molecule has 29 heavy (non-hydrogen) atoms. The van der Waals surface area contributed by atoms with Crippen LogP contribution in [0.4, 0.5) is 4.39 Å². The Balaban J connectivity index is 1.87. The largest absolute Gasteiger partial charge is 0.289 e. The van der Waals surface area contributed by atoms with Gasteiger partial charge in [0.1, 0.15) is 5.82 Å². The lowest BCUT2D eigenvalue weighted by atomic mass is 9.95. The van der Waals surface area contributed by atoms with Crippen LogP contribution in [0.1, 0.15) is 21.5 Å². The molecule has 3 aromatic heterocycles. The van der Waals surface area contributed by atoms with Gasteiger partial charge in [-0.2, -0.15) is 0 Å². The number of hydrogen-bond acceptors (Lipinski definition) is 4. The van der Waals surface area contributed by atoms with E-state index < -0.39 is 5.82 Å². The summed E-state index contributed by atoms with van der Waals surface area (Å²) in [5.74, 6) is -0.779. The molecule has 0 spiro atoms. The minimum atomic E-state index is -0.482. The third-order valence-corrected chi connectivity index (χ3v) is 4.82. The van der Waals surface area contributed by atoms with Crippen molar-refractivity contribution in [2.45, 2.75) is 6.92 Å². The Bertz CT molecular complexity index is 1240. The summed E-state index contributed by atoms with van der Waals surface area (Å²) in [6.07, 6.45) is 10.4. The van der Waals surface area contributed by atoms with E-state index in [0.29, 0.717) is 32.8 Å². The summed E-state index contributed by atoms with van der Waals surface area (Å²) in [6.45, 7) is 1.74. The van der Waals surface area contributed by atoms with Gasteiger partial charge in [0.2, 0.25) is 0 Å². The lowest BCUT2D eigenvalue weighted by molar-refractivity contribution is 0.104. The van der Waals surface area contributed by atoms with Crippen LogP contribution < -0.4 is 0 Å². The van der Waals surface area contributed by atoms with Gasteiger partial charge in [0.05, 0.1) is 11.7 Å². The normalized spacial score (nSPS) is 11.3. The lowest BCUT2D eigenvalue weighted by Gasteiger charge is -2.11. The monoisotopic (exact) mass is 403 g/mol. The molecular weight excluding hydrogens is 389 g/mol. The Labute approximate surface area is 171 Å². The van der Waals surface area contributed by atoms with Crippen LogP contribution in [0, 0.1) is 12.7 Å². The summed E-state index contributed by atoms with van der Waals surface area (Å²) in [4.78, 5) is 25.4.